The molecule has 2 aromatic heterocycles. The fourth-order valence-electron chi connectivity index (χ4n) is 1.19. The van der Waals surface area contributed by atoms with Gasteiger partial charge in [-0.1, -0.05) is 0 Å². The third-order valence-electron chi connectivity index (χ3n) is 1.94. The van der Waals surface area contributed by atoms with E-state index >= 15 is 0 Å². The number of carbonyl (C=O) groups is 1. The molecule has 0 aliphatic rings. The van der Waals surface area contributed by atoms with Crippen molar-refractivity contribution in [2.24, 2.45) is 0 Å². The lowest BCUT2D eigenvalue weighted by atomic mass is 10.3. The van der Waals surface area contributed by atoms with Crippen LogP contribution in [-0.2, 0) is 6.54 Å². The molecule has 2 rings (SSSR count). The van der Waals surface area contributed by atoms with Crippen LogP contribution in [0.15, 0.2) is 29.9 Å². The average Bonchev–Trinajstić information content (AvgIpc) is 2.79. The molecule has 2 heterocycles. The number of pyridine rings is 1. The Morgan fingerprint density at radius 3 is 3.00 bits per heavy atom. The molecular formula is C10H10N4OS. The summed E-state index contributed by atoms with van der Waals surface area (Å²) in [5.41, 5.74) is 6.26. The van der Waals surface area contributed by atoms with Crippen molar-refractivity contribution in [2.75, 3.05) is 5.73 Å². The lowest BCUT2D eigenvalue weighted by Crippen LogP contribution is -2.24. The minimum atomic E-state index is -0.284. The lowest BCUT2D eigenvalue weighted by molar-refractivity contribution is 0.0947. The summed E-state index contributed by atoms with van der Waals surface area (Å²) in [4.78, 5) is 19.7. The largest absolute Gasteiger partial charge is 0.397 e. The molecule has 1 amide bonds. The Hall–Kier alpha value is -1.95. The number of nitrogen functional groups attached to an aromatic ring is 1. The zero-order valence-electron chi connectivity index (χ0n) is 8.38. The highest BCUT2D eigenvalue weighted by Crippen LogP contribution is 2.07. The fraction of sp³-hybridized carbons (Fsp3) is 0.100. The van der Waals surface area contributed by atoms with E-state index in [1.54, 1.807) is 18.3 Å². The van der Waals surface area contributed by atoms with E-state index in [1.165, 1.54) is 17.5 Å². The molecule has 0 saturated heterocycles. The first-order valence-corrected chi connectivity index (χ1v) is 5.52. The molecule has 0 spiro atoms. The van der Waals surface area contributed by atoms with Gasteiger partial charge < -0.3 is 11.1 Å². The van der Waals surface area contributed by atoms with Crippen molar-refractivity contribution in [3.05, 3.63) is 40.6 Å². The molecule has 0 unspecified atom stereocenters. The van der Waals surface area contributed by atoms with Crippen LogP contribution in [0.25, 0.3) is 0 Å². The standard InChI is InChI=1S/C10H10N4OS/c11-7-2-1-3-13-9(7)10(15)14-6-8-12-4-5-16-8/h1-5H,6,11H2,(H,14,15). The first kappa shape index (κ1) is 10.6. The molecule has 0 fully saturated rings. The van der Waals surface area contributed by atoms with Gasteiger partial charge in [0.05, 0.1) is 12.2 Å². The second-order valence-corrected chi connectivity index (χ2v) is 4.03. The van der Waals surface area contributed by atoms with Crippen molar-refractivity contribution >= 4 is 22.9 Å². The van der Waals surface area contributed by atoms with Gasteiger partial charge in [0, 0.05) is 17.8 Å². The zero-order valence-corrected chi connectivity index (χ0v) is 9.20. The van der Waals surface area contributed by atoms with Gasteiger partial charge in [0.1, 0.15) is 5.01 Å². The lowest BCUT2D eigenvalue weighted by Gasteiger charge is -2.04. The molecular weight excluding hydrogens is 224 g/mol. The third-order valence-corrected chi connectivity index (χ3v) is 2.72. The Balaban J connectivity index is 2.01. The number of rotatable bonds is 3. The van der Waals surface area contributed by atoms with Crippen molar-refractivity contribution in [3.63, 3.8) is 0 Å². The van der Waals surface area contributed by atoms with Crippen LogP contribution in [0.3, 0.4) is 0 Å². The van der Waals surface area contributed by atoms with Gasteiger partial charge >= 0.3 is 0 Å². The van der Waals surface area contributed by atoms with Gasteiger partial charge in [0.15, 0.2) is 5.69 Å². The number of hydrogen-bond donors (Lipinski definition) is 2. The molecule has 16 heavy (non-hydrogen) atoms. The highest BCUT2D eigenvalue weighted by molar-refractivity contribution is 7.09. The van der Waals surface area contributed by atoms with Gasteiger partial charge in [0.2, 0.25) is 0 Å². The van der Waals surface area contributed by atoms with Gasteiger partial charge in [-0.05, 0) is 12.1 Å². The summed E-state index contributed by atoms with van der Waals surface area (Å²) in [5.74, 6) is -0.284. The summed E-state index contributed by atoms with van der Waals surface area (Å²) in [5, 5.41) is 5.42. The van der Waals surface area contributed by atoms with Gasteiger partial charge in [-0.15, -0.1) is 11.3 Å². The van der Waals surface area contributed by atoms with E-state index in [0.717, 1.165) is 5.01 Å². The normalized spacial score (nSPS) is 10.0. The van der Waals surface area contributed by atoms with E-state index in [0.29, 0.717) is 12.2 Å². The summed E-state index contributed by atoms with van der Waals surface area (Å²) in [6, 6.07) is 3.33. The van der Waals surface area contributed by atoms with Gasteiger partial charge in [0.25, 0.3) is 5.91 Å². The number of aromatic nitrogens is 2. The molecule has 0 radical (unpaired) electrons. The van der Waals surface area contributed by atoms with Crippen molar-refractivity contribution < 1.29 is 4.79 Å². The van der Waals surface area contributed by atoms with Gasteiger partial charge in [-0.25, -0.2) is 9.97 Å². The van der Waals surface area contributed by atoms with Crippen LogP contribution >= 0.6 is 11.3 Å². The summed E-state index contributed by atoms with van der Waals surface area (Å²) >= 11 is 1.49. The minimum absolute atomic E-state index is 0.249. The Kier molecular flexibility index (Phi) is 3.11. The number of thiazole rings is 1. The summed E-state index contributed by atoms with van der Waals surface area (Å²) in [6.45, 7) is 0.395. The van der Waals surface area contributed by atoms with Crippen molar-refractivity contribution in [2.45, 2.75) is 6.54 Å². The Morgan fingerprint density at radius 1 is 1.44 bits per heavy atom. The van der Waals surface area contributed by atoms with Gasteiger partial charge in [-0.2, -0.15) is 0 Å². The summed E-state index contributed by atoms with van der Waals surface area (Å²) in [6.07, 6.45) is 3.23. The Morgan fingerprint density at radius 2 is 2.31 bits per heavy atom. The number of hydrogen-bond acceptors (Lipinski definition) is 5. The van der Waals surface area contributed by atoms with E-state index in [2.05, 4.69) is 15.3 Å². The third kappa shape index (κ3) is 2.34. The molecule has 0 aliphatic heterocycles. The maximum Gasteiger partial charge on any atom is 0.272 e. The van der Waals surface area contributed by atoms with E-state index < -0.39 is 0 Å². The van der Waals surface area contributed by atoms with E-state index in [4.69, 9.17) is 5.73 Å². The predicted octanol–water partition coefficient (Wildman–Crippen LogP) is 1.05. The molecule has 0 bridgehead atoms. The molecule has 0 aromatic carbocycles. The van der Waals surface area contributed by atoms with Crippen LogP contribution in [0.2, 0.25) is 0 Å². The van der Waals surface area contributed by atoms with E-state index in [1.807, 2.05) is 5.38 Å². The highest BCUT2D eigenvalue weighted by atomic mass is 32.1. The van der Waals surface area contributed by atoms with Crippen molar-refractivity contribution in [1.29, 1.82) is 0 Å². The SMILES string of the molecule is Nc1cccnc1C(=O)NCc1nccs1. The first-order valence-electron chi connectivity index (χ1n) is 4.64. The van der Waals surface area contributed by atoms with E-state index in [-0.39, 0.29) is 11.6 Å². The number of nitrogens with one attached hydrogen (secondary N) is 1. The van der Waals surface area contributed by atoms with Gasteiger partial charge in [-0.3, -0.25) is 4.79 Å². The zero-order chi connectivity index (χ0) is 11.4. The second kappa shape index (κ2) is 4.71. The predicted molar refractivity (Wildman–Crippen MR) is 61.9 cm³/mol. The Labute approximate surface area is 96.3 Å². The smallest absolute Gasteiger partial charge is 0.272 e. The highest BCUT2D eigenvalue weighted by Gasteiger charge is 2.10. The maximum absolute atomic E-state index is 11.7. The van der Waals surface area contributed by atoms with Crippen LogP contribution in [0, 0.1) is 0 Å². The average molecular weight is 234 g/mol. The van der Waals surface area contributed by atoms with Crippen LogP contribution in [0.1, 0.15) is 15.5 Å². The van der Waals surface area contributed by atoms with Crippen LogP contribution in [0.5, 0.6) is 0 Å². The number of amides is 1. The van der Waals surface area contributed by atoms with Crippen LogP contribution < -0.4 is 11.1 Å². The summed E-state index contributed by atoms with van der Waals surface area (Å²) in [7, 11) is 0. The second-order valence-electron chi connectivity index (χ2n) is 3.05. The number of nitrogens with two attached hydrogens (primary N) is 1. The van der Waals surface area contributed by atoms with E-state index in [9.17, 15) is 4.79 Å². The first-order chi connectivity index (χ1) is 7.77. The van der Waals surface area contributed by atoms with Crippen LogP contribution in [0.4, 0.5) is 5.69 Å². The maximum atomic E-state index is 11.7. The quantitative estimate of drug-likeness (QED) is 0.831. The molecule has 0 aliphatic carbocycles. The molecule has 2 aromatic rings. The van der Waals surface area contributed by atoms with Crippen molar-refractivity contribution in [3.8, 4) is 0 Å². The number of nitrogens with zero attached hydrogens (tertiary/aromatic N) is 2. The van der Waals surface area contributed by atoms with Crippen molar-refractivity contribution in [1.82, 2.24) is 15.3 Å². The molecule has 6 heteroatoms. The molecule has 3 N–H and O–H groups in total. The molecule has 5 nitrogen and oxygen atoms in total. The minimum Gasteiger partial charge on any atom is -0.397 e. The van der Waals surface area contributed by atoms with Crippen LogP contribution in [-0.4, -0.2) is 15.9 Å². The summed E-state index contributed by atoms with van der Waals surface area (Å²) < 4.78 is 0. The molecule has 0 atom stereocenters. The Bertz CT molecular complexity index is 483. The topological polar surface area (TPSA) is 80.9 Å². The number of carbonyl (C=O) groups excluding carboxylic acids is 1. The molecule has 0 saturated carbocycles. The molecule has 82 valence electrons. The monoisotopic (exact) mass is 234 g/mol. The number of anilines is 1. The fourth-order valence-corrected chi connectivity index (χ4v) is 1.74.